The van der Waals surface area contributed by atoms with Crippen LogP contribution in [-0.2, 0) is 36.4 Å². The van der Waals surface area contributed by atoms with Crippen molar-refractivity contribution in [3.63, 3.8) is 0 Å². The lowest BCUT2D eigenvalue weighted by Gasteiger charge is -2.28. The fraction of sp³-hybridized carbons (Fsp3) is 0.786. The SMILES string of the molecule is CCCCCCN(C)CCC.CCCN1CCN(CCC)P1(=O)OCc1cnc([N+](=O)[O-])n1C.Cn1c(CO)cnc1[N+](=O)[O-]. The van der Waals surface area contributed by atoms with Gasteiger partial charge in [0.2, 0.25) is 0 Å². The summed E-state index contributed by atoms with van der Waals surface area (Å²) in [5.41, 5.74) is 0.962. The molecule has 2 aromatic heterocycles. The Kier molecular flexibility index (Phi) is 18.9. The van der Waals surface area contributed by atoms with Crippen molar-refractivity contribution < 1.29 is 24.0 Å². The Labute approximate surface area is 267 Å². The monoisotopic (exact) mass is 659 g/mol. The molecule has 17 heteroatoms. The Morgan fingerprint density at radius 1 is 0.844 bits per heavy atom. The molecule has 0 atom stereocenters. The van der Waals surface area contributed by atoms with Crippen LogP contribution in [0.5, 0.6) is 0 Å². The van der Waals surface area contributed by atoms with Crippen LogP contribution in [0, 0.1) is 20.2 Å². The van der Waals surface area contributed by atoms with Crippen molar-refractivity contribution in [3.8, 4) is 0 Å². The lowest BCUT2D eigenvalue weighted by Crippen LogP contribution is -2.23. The topological polar surface area (TPSA) is 178 Å². The molecule has 3 rings (SSSR count). The van der Waals surface area contributed by atoms with E-state index in [-0.39, 0.29) is 25.1 Å². The summed E-state index contributed by atoms with van der Waals surface area (Å²) in [7, 11) is 2.19. The first-order valence-corrected chi connectivity index (χ1v) is 17.3. The van der Waals surface area contributed by atoms with Gasteiger partial charge in [0.15, 0.2) is 0 Å². The molecule has 1 aliphatic heterocycles. The molecule has 0 bridgehead atoms. The number of hydrogen-bond acceptors (Lipinski definition) is 10. The van der Waals surface area contributed by atoms with Gasteiger partial charge in [-0.2, -0.15) is 0 Å². The van der Waals surface area contributed by atoms with Crippen LogP contribution in [0.25, 0.3) is 0 Å². The highest BCUT2D eigenvalue weighted by atomic mass is 31.2. The van der Waals surface area contributed by atoms with Crippen molar-refractivity contribution in [3.05, 3.63) is 44.0 Å². The largest absolute Gasteiger partial charge is 0.434 e. The van der Waals surface area contributed by atoms with Gasteiger partial charge in [0.05, 0.1) is 14.1 Å². The van der Waals surface area contributed by atoms with Crippen molar-refractivity contribution in [1.82, 2.24) is 33.3 Å². The lowest BCUT2D eigenvalue weighted by atomic mass is 10.2. The molecule has 0 amide bonds. The molecule has 2 aromatic rings. The second-order valence-electron chi connectivity index (χ2n) is 10.9. The summed E-state index contributed by atoms with van der Waals surface area (Å²) >= 11 is 0. The maximum absolute atomic E-state index is 13.3. The summed E-state index contributed by atoms with van der Waals surface area (Å²) in [4.78, 5) is 29.6. The number of imidazole rings is 2. The van der Waals surface area contributed by atoms with E-state index in [1.165, 1.54) is 73.8 Å². The number of aromatic nitrogens is 4. The molecule has 0 radical (unpaired) electrons. The zero-order chi connectivity index (χ0) is 34.0. The van der Waals surface area contributed by atoms with E-state index in [4.69, 9.17) is 9.63 Å². The molecular formula is C28H54N9O7P. The van der Waals surface area contributed by atoms with Crippen molar-refractivity contribution in [2.45, 2.75) is 85.9 Å². The molecule has 0 spiro atoms. The summed E-state index contributed by atoms with van der Waals surface area (Å²) in [5.74, 6) is -0.502. The number of rotatable bonds is 17. The number of nitro groups is 2. The van der Waals surface area contributed by atoms with Gasteiger partial charge in [-0.05, 0) is 55.7 Å². The fourth-order valence-corrected chi connectivity index (χ4v) is 7.33. The minimum Gasteiger partial charge on any atom is -0.390 e. The van der Waals surface area contributed by atoms with Crippen LogP contribution in [0.4, 0.5) is 11.9 Å². The van der Waals surface area contributed by atoms with Crippen LogP contribution >= 0.6 is 7.67 Å². The number of aliphatic hydroxyl groups is 1. The molecule has 3 heterocycles. The molecule has 1 saturated heterocycles. The molecule has 0 unspecified atom stereocenters. The predicted molar refractivity (Wildman–Crippen MR) is 174 cm³/mol. The van der Waals surface area contributed by atoms with E-state index >= 15 is 0 Å². The van der Waals surface area contributed by atoms with Gasteiger partial charge < -0.3 is 30.2 Å². The molecular weight excluding hydrogens is 605 g/mol. The molecule has 1 N–H and O–H groups in total. The summed E-state index contributed by atoms with van der Waals surface area (Å²) in [6.07, 6.45) is 11.3. The van der Waals surface area contributed by atoms with Crippen molar-refractivity contribution in [2.24, 2.45) is 14.1 Å². The Hall–Kier alpha value is -2.75. The van der Waals surface area contributed by atoms with E-state index in [0.717, 1.165) is 25.9 Å². The van der Waals surface area contributed by atoms with E-state index in [1.54, 1.807) is 7.05 Å². The summed E-state index contributed by atoms with van der Waals surface area (Å²) in [6, 6.07) is 0. The van der Waals surface area contributed by atoms with Gasteiger partial charge in [-0.3, -0.25) is 9.09 Å². The van der Waals surface area contributed by atoms with Gasteiger partial charge in [0.1, 0.15) is 37.0 Å². The Bertz CT molecular complexity index is 1190. The molecule has 16 nitrogen and oxygen atoms in total. The summed E-state index contributed by atoms with van der Waals surface area (Å²) in [5, 5.41) is 29.7. The van der Waals surface area contributed by atoms with Gasteiger partial charge in [-0.1, -0.05) is 56.9 Å². The third-order valence-electron chi connectivity index (χ3n) is 7.28. The first-order valence-electron chi connectivity index (χ1n) is 15.8. The Balaban J connectivity index is 0.000000384. The first-order chi connectivity index (χ1) is 21.4. The quantitative estimate of drug-likeness (QED) is 0.103. The lowest BCUT2D eigenvalue weighted by molar-refractivity contribution is -0.396. The normalized spacial score (nSPS) is 14.6. The van der Waals surface area contributed by atoms with Crippen LogP contribution in [0.1, 0.15) is 84.0 Å². The number of unbranched alkanes of at least 4 members (excludes halogenated alkanes) is 3. The van der Waals surface area contributed by atoms with E-state index in [1.807, 2.05) is 23.2 Å². The fourth-order valence-electron chi connectivity index (χ4n) is 4.76. The van der Waals surface area contributed by atoms with E-state index < -0.39 is 17.5 Å². The molecule has 0 aliphatic carbocycles. The molecule has 0 saturated carbocycles. The van der Waals surface area contributed by atoms with Crippen LogP contribution in [0.2, 0.25) is 0 Å². The summed E-state index contributed by atoms with van der Waals surface area (Å²) < 4.78 is 25.5. The minimum atomic E-state index is -3.07. The number of aliphatic hydroxyl groups excluding tert-OH is 1. The van der Waals surface area contributed by atoms with Crippen LogP contribution < -0.4 is 0 Å². The standard InChI is InChI=1S/C13H24N5O4P.C10H23N.C5H7N3O3/c1-4-6-16-8-9-17(7-5-2)23(16,21)22-11-12-10-14-13(15(12)3)18(19)20;1-4-6-7-8-10-11(3)9-5-2;1-7-4(3-9)2-6-5(7)8(10)11/h10H,4-9,11H2,1-3H3;4-10H2,1-3H3;2,9H,3H2,1H3. The average Bonchev–Trinajstić information content (AvgIpc) is 3.66. The van der Waals surface area contributed by atoms with Crippen molar-refractivity contribution in [2.75, 3.05) is 46.3 Å². The van der Waals surface area contributed by atoms with E-state index in [0.29, 0.717) is 24.5 Å². The maximum atomic E-state index is 13.3. The molecule has 258 valence electrons. The van der Waals surface area contributed by atoms with Crippen LogP contribution in [0.15, 0.2) is 12.4 Å². The second kappa shape index (κ2) is 21.1. The van der Waals surface area contributed by atoms with Crippen molar-refractivity contribution >= 4 is 19.6 Å². The van der Waals surface area contributed by atoms with Crippen LogP contribution in [-0.4, -0.2) is 94.6 Å². The molecule has 0 aromatic carbocycles. The second-order valence-corrected chi connectivity index (χ2v) is 13.3. The highest BCUT2D eigenvalue weighted by Crippen LogP contribution is 2.58. The maximum Gasteiger partial charge on any atom is 0.434 e. The highest BCUT2D eigenvalue weighted by Gasteiger charge is 2.43. The van der Waals surface area contributed by atoms with Gasteiger partial charge in [0, 0.05) is 26.2 Å². The van der Waals surface area contributed by atoms with Crippen LogP contribution in [0.3, 0.4) is 0 Å². The molecule has 45 heavy (non-hydrogen) atoms. The average molecular weight is 660 g/mol. The molecule has 1 aliphatic rings. The Morgan fingerprint density at radius 2 is 1.36 bits per heavy atom. The minimum absolute atomic E-state index is 0.0368. The van der Waals surface area contributed by atoms with E-state index in [9.17, 15) is 24.8 Å². The number of hydrogen-bond donors (Lipinski definition) is 1. The third-order valence-corrected chi connectivity index (χ3v) is 9.98. The smallest absolute Gasteiger partial charge is 0.390 e. The molecule has 1 fully saturated rings. The highest BCUT2D eigenvalue weighted by molar-refractivity contribution is 7.54. The van der Waals surface area contributed by atoms with E-state index in [2.05, 4.69) is 35.8 Å². The van der Waals surface area contributed by atoms with Gasteiger partial charge in [-0.15, -0.1) is 0 Å². The Morgan fingerprint density at radius 3 is 1.76 bits per heavy atom. The zero-order valence-electron chi connectivity index (χ0n) is 28.1. The van der Waals surface area contributed by atoms with Gasteiger partial charge in [0.25, 0.3) is 0 Å². The zero-order valence-corrected chi connectivity index (χ0v) is 29.0. The predicted octanol–water partition coefficient (Wildman–Crippen LogP) is 5.12. The third kappa shape index (κ3) is 12.5. The van der Waals surface area contributed by atoms with Gasteiger partial charge in [-0.25, -0.2) is 18.5 Å². The first kappa shape index (κ1) is 40.3. The van der Waals surface area contributed by atoms with Gasteiger partial charge >= 0.3 is 19.6 Å². The number of nitrogens with zero attached hydrogens (tertiary/aromatic N) is 9. The van der Waals surface area contributed by atoms with Crippen molar-refractivity contribution in [1.29, 1.82) is 0 Å². The summed E-state index contributed by atoms with van der Waals surface area (Å²) in [6.45, 7) is 13.8.